The SMILES string of the molecule is CNCc1cc(NCC(C)OC)nc(C(C)C)c1. The van der Waals surface area contributed by atoms with E-state index in [9.17, 15) is 0 Å². The Morgan fingerprint density at radius 2 is 2.00 bits per heavy atom. The Morgan fingerprint density at radius 3 is 2.56 bits per heavy atom. The van der Waals surface area contributed by atoms with Crippen molar-refractivity contribution in [3.8, 4) is 0 Å². The van der Waals surface area contributed by atoms with E-state index < -0.39 is 0 Å². The highest BCUT2D eigenvalue weighted by atomic mass is 16.5. The van der Waals surface area contributed by atoms with Crippen molar-refractivity contribution in [1.82, 2.24) is 10.3 Å². The molecular weight excluding hydrogens is 226 g/mol. The Bertz CT molecular complexity index is 366. The molecule has 0 aliphatic heterocycles. The number of nitrogens with one attached hydrogen (secondary N) is 2. The van der Waals surface area contributed by atoms with Gasteiger partial charge in [0.15, 0.2) is 0 Å². The van der Waals surface area contributed by atoms with Crippen LogP contribution in [0.3, 0.4) is 0 Å². The lowest BCUT2D eigenvalue weighted by Gasteiger charge is -2.15. The topological polar surface area (TPSA) is 46.2 Å². The van der Waals surface area contributed by atoms with Crippen LogP contribution in [0, 0.1) is 0 Å². The molecule has 4 heteroatoms. The fraction of sp³-hybridized carbons (Fsp3) is 0.643. The van der Waals surface area contributed by atoms with Crippen molar-refractivity contribution in [3.05, 3.63) is 23.4 Å². The van der Waals surface area contributed by atoms with Gasteiger partial charge in [0.25, 0.3) is 0 Å². The molecule has 18 heavy (non-hydrogen) atoms. The van der Waals surface area contributed by atoms with Gasteiger partial charge in [-0.05, 0) is 37.6 Å². The molecule has 1 heterocycles. The van der Waals surface area contributed by atoms with Gasteiger partial charge >= 0.3 is 0 Å². The highest BCUT2D eigenvalue weighted by molar-refractivity contribution is 5.40. The summed E-state index contributed by atoms with van der Waals surface area (Å²) < 4.78 is 5.22. The highest BCUT2D eigenvalue weighted by Gasteiger charge is 2.07. The Morgan fingerprint density at radius 1 is 1.28 bits per heavy atom. The largest absolute Gasteiger partial charge is 0.380 e. The van der Waals surface area contributed by atoms with Crippen LogP contribution in [-0.4, -0.2) is 31.8 Å². The third kappa shape index (κ3) is 4.63. The number of hydrogen-bond donors (Lipinski definition) is 2. The van der Waals surface area contributed by atoms with Gasteiger partial charge in [0, 0.05) is 25.9 Å². The maximum atomic E-state index is 5.22. The minimum Gasteiger partial charge on any atom is -0.380 e. The van der Waals surface area contributed by atoms with E-state index in [1.165, 1.54) is 5.56 Å². The molecule has 1 atom stereocenters. The quantitative estimate of drug-likeness (QED) is 0.781. The Kier molecular flexibility index (Phi) is 6.09. The second-order valence-corrected chi connectivity index (χ2v) is 4.90. The van der Waals surface area contributed by atoms with E-state index >= 15 is 0 Å². The molecule has 0 saturated carbocycles. The average molecular weight is 251 g/mol. The fourth-order valence-corrected chi connectivity index (χ4v) is 1.64. The first-order valence-electron chi connectivity index (χ1n) is 6.49. The summed E-state index contributed by atoms with van der Waals surface area (Å²) in [7, 11) is 3.67. The van der Waals surface area contributed by atoms with Gasteiger partial charge in [0.1, 0.15) is 5.82 Å². The lowest BCUT2D eigenvalue weighted by molar-refractivity contribution is 0.128. The van der Waals surface area contributed by atoms with Gasteiger partial charge in [-0.15, -0.1) is 0 Å². The van der Waals surface area contributed by atoms with Gasteiger partial charge < -0.3 is 15.4 Å². The number of rotatable bonds is 7. The average Bonchev–Trinajstić information content (AvgIpc) is 2.36. The van der Waals surface area contributed by atoms with Crippen LogP contribution < -0.4 is 10.6 Å². The van der Waals surface area contributed by atoms with Crippen LogP contribution in [0.25, 0.3) is 0 Å². The van der Waals surface area contributed by atoms with Crippen molar-refractivity contribution < 1.29 is 4.74 Å². The van der Waals surface area contributed by atoms with Crippen LogP contribution in [0.15, 0.2) is 12.1 Å². The molecule has 1 aromatic heterocycles. The minimum absolute atomic E-state index is 0.183. The third-order valence-electron chi connectivity index (χ3n) is 2.85. The third-order valence-corrected chi connectivity index (χ3v) is 2.85. The fourth-order valence-electron chi connectivity index (χ4n) is 1.64. The zero-order chi connectivity index (χ0) is 13.5. The van der Waals surface area contributed by atoms with Crippen LogP contribution in [0.1, 0.15) is 37.9 Å². The number of ether oxygens (including phenoxy) is 1. The summed E-state index contributed by atoms with van der Waals surface area (Å²) in [6.45, 7) is 7.98. The molecule has 102 valence electrons. The van der Waals surface area contributed by atoms with E-state index in [1.807, 2.05) is 14.0 Å². The normalized spacial score (nSPS) is 12.8. The number of aromatic nitrogens is 1. The molecule has 1 aromatic rings. The number of pyridine rings is 1. The maximum absolute atomic E-state index is 5.22. The Labute approximate surface area is 110 Å². The number of methoxy groups -OCH3 is 1. The lowest BCUT2D eigenvalue weighted by Crippen LogP contribution is -2.19. The van der Waals surface area contributed by atoms with Crippen LogP contribution in [0.2, 0.25) is 0 Å². The zero-order valence-electron chi connectivity index (χ0n) is 12.1. The molecule has 0 aromatic carbocycles. The van der Waals surface area contributed by atoms with Gasteiger partial charge in [-0.3, -0.25) is 0 Å². The van der Waals surface area contributed by atoms with Gasteiger partial charge in [-0.1, -0.05) is 13.8 Å². The van der Waals surface area contributed by atoms with Crippen LogP contribution in [-0.2, 0) is 11.3 Å². The number of hydrogen-bond acceptors (Lipinski definition) is 4. The summed E-state index contributed by atoms with van der Waals surface area (Å²) >= 11 is 0. The van der Waals surface area contributed by atoms with Crippen LogP contribution >= 0.6 is 0 Å². The van der Waals surface area contributed by atoms with Crippen molar-refractivity contribution in [2.75, 3.05) is 26.0 Å². The maximum Gasteiger partial charge on any atom is 0.126 e. The number of anilines is 1. The van der Waals surface area contributed by atoms with Gasteiger partial charge in [0.05, 0.1) is 6.10 Å². The summed E-state index contributed by atoms with van der Waals surface area (Å²) in [6, 6.07) is 4.25. The predicted molar refractivity (Wildman–Crippen MR) is 76.1 cm³/mol. The predicted octanol–water partition coefficient (Wildman–Crippen LogP) is 2.37. The second kappa shape index (κ2) is 7.34. The molecule has 1 unspecified atom stereocenters. The van der Waals surface area contributed by atoms with Crippen LogP contribution in [0.5, 0.6) is 0 Å². The van der Waals surface area contributed by atoms with Crippen molar-refractivity contribution in [2.24, 2.45) is 0 Å². The van der Waals surface area contributed by atoms with Gasteiger partial charge in [-0.25, -0.2) is 4.98 Å². The molecule has 0 aliphatic carbocycles. The van der Waals surface area contributed by atoms with Crippen molar-refractivity contribution in [3.63, 3.8) is 0 Å². The van der Waals surface area contributed by atoms with E-state index in [2.05, 4.69) is 41.6 Å². The molecule has 1 rings (SSSR count). The summed E-state index contributed by atoms with van der Waals surface area (Å²) in [5.41, 5.74) is 2.37. The summed E-state index contributed by atoms with van der Waals surface area (Å²) in [5.74, 6) is 1.36. The molecule has 4 nitrogen and oxygen atoms in total. The second-order valence-electron chi connectivity index (χ2n) is 4.90. The molecule has 0 bridgehead atoms. The summed E-state index contributed by atoms with van der Waals surface area (Å²) in [6.07, 6.45) is 0.183. The van der Waals surface area contributed by atoms with E-state index in [-0.39, 0.29) is 6.10 Å². The smallest absolute Gasteiger partial charge is 0.126 e. The molecule has 0 amide bonds. The molecule has 0 aliphatic rings. The molecule has 0 saturated heterocycles. The zero-order valence-corrected chi connectivity index (χ0v) is 12.1. The van der Waals surface area contributed by atoms with E-state index in [4.69, 9.17) is 4.74 Å². The molecule has 0 spiro atoms. The number of nitrogens with zero attached hydrogens (tertiary/aromatic N) is 1. The van der Waals surface area contributed by atoms with E-state index in [0.717, 1.165) is 24.6 Å². The standard InChI is InChI=1S/C14H25N3O/c1-10(2)13-6-12(9-15-4)7-14(17-13)16-8-11(3)18-5/h6-7,10-11,15H,8-9H2,1-5H3,(H,16,17). The van der Waals surface area contributed by atoms with E-state index in [1.54, 1.807) is 7.11 Å². The minimum atomic E-state index is 0.183. The first-order chi connectivity index (χ1) is 8.56. The first kappa shape index (κ1) is 14.9. The monoisotopic (exact) mass is 251 g/mol. The summed E-state index contributed by atoms with van der Waals surface area (Å²) in [5, 5.41) is 6.50. The Hall–Kier alpha value is -1.13. The molecule has 2 N–H and O–H groups in total. The first-order valence-corrected chi connectivity index (χ1v) is 6.49. The highest BCUT2D eigenvalue weighted by Crippen LogP contribution is 2.17. The van der Waals surface area contributed by atoms with Crippen molar-refractivity contribution >= 4 is 5.82 Å². The molecule has 0 radical (unpaired) electrons. The Balaban J connectivity index is 2.82. The van der Waals surface area contributed by atoms with Gasteiger partial charge in [0.2, 0.25) is 0 Å². The van der Waals surface area contributed by atoms with E-state index in [0.29, 0.717) is 5.92 Å². The van der Waals surface area contributed by atoms with Crippen molar-refractivity contribution in [1.29, 1.82) is 0 Å². The molecule has 0 fully saturated rings. The van der Waals surface area contributed by atoms with Crippen LogP contribution in [0.4, 0.5) is 5.82 Å². The summed E-state index contributed by atoms with van der Waals surface area (Å²) in [4.78, 5) is 4.63. The van der Waals surface area contributed by atoms with Gasteiger partial charge in [-0.2, -0.15) is 0 Å². The lowest BCUT2D eigenvalue weighted by atomic mass is 10.1. The molecular formula is C14H25N3O. The van der Waals surface area contributed by atoms with Crippen molar-refractivity contribution in [2.45, 2.75) is 39.3 Å².